The number of nitrogens with one attached hydrogen (secondary N) is 1. The van der Waals surface area contributed by atoms with Gasteiger partial charge in [-0.1, -0.05) is 0 Å². The molecule has 6 heteroatoms. The van der Waals surface area contributed by atoms with Crippen LogP contribution in [0.5, 0.6) is 0 Å². The summed E-state index contributed by atoms with van der Waals surface area (Å²) in [7, 11) is 0. The van der Waals surface area contributed by atoms with Gasteiger partial charge in [-0.05, 0) is 27.7 Å². The van der Waals surface area contributed by atoms with Gasteiger partial charge in [0.15, 0.2) is 0 Å². The Hall–Kier alpha value is -0.910. The van der Waals surface area contributed by atoms with Crippen molar-refractivity contribution in [2.24, 2.45) is 5.41 Å². The first-order valence-electron chi connectivity index (χ1n) is 6.07. The van der Waals surface area contributed by atoms with E-state index in [0.717, 1.165) is 24.6 Å². The second-order valence-electron chi connectivity index (χ2n) is 5.58. The van der Waals surface area contributed by atoms with Gasteiger partial charge in [-0.3, -0.25) is 4.79 Å². The number of hydrogen-bond acceptors (Lipinski definition) is 3. The fraction of sp³-hybridized carbons (Fsp3) is 0.833. The predicted molar refractivity (Wildman–Crippen MR) is 72.9 cm³/mol. The third kappa shape index (κ3) is 3.10. The van der Waals surface area contributed by atoms with E-state index < -0.39 is 16.9 Å². The summed E-state index contributed by atoms with van der Waals surface area (Å²) in [5.74, 6) is 0.966. The van der Waals surface area contributed by atoms with Crippen LogP contribution in [-0.2, 0) is 4.79 Å². The van der Waals surface area contributed by atoms with Crippen molar-refractivity contribution in [1.29, 1.82) is 0 Å². The summed E-state index contributed by atoms with van der Waals surface area (Å²) in [6.07, 6.45) is 0. The van der Waals surface area contributed by atoms with Crippen molar-refractivity contribution in [2.75, 3.05) is 24.6 Å². The van der Waals surface area contributed by atoms with Gasteiger partial charge >= 0.3 is 12.0 Å². The molecular formula is C12H22N2O3S. The van der Waals surface area contributed by atoms with E-state index in [-0.39, 0.29) is 6.03 Å². The van der Waals surface area contributed by atoms with E-state index in [1.165, 1.54) is 0 Å². The summed E-state index contributed by atoms with van der Waals surface area (Å²) in [5.41, 5.74) is -1.83. The van der Waals surface area contributed by atoms with Crippen molar-refractivity contribution in [3.8, 4) is 0 Å². The molecular weight excluding hydrogens is 252 g/mol. The molecule has 1 aliphatic heterocycles. The van der Waals surface area contributed by atoms with E-state index in [0.29, 0.717) is 0 Å². The number of amides is 2. The molecule has 0 bridgehead atoms. The number of carboxylic acids is 1. The van der Waals surface area contributed by atoms with Gasteiger partial charge in [0, 0.05) is 24.6 Å². The lowest BCUT2D eigenvalue weighted by molar-refractivity contribution is -0.150. The molecule has 1 rings (SSSR count). The van der Waals surface area contributed by atoms with Crippen LogP contribution in [0.2, 0.25) is 0 Å². The van der Waals surface area contributed by atoms with E-state index in [4.69, 9.17) is 0 Å². The van der Waals surface area contributed by atoms with Crippen molar-refractivity contribution in [3.63, 3.8) is 0 Å². The monoisotopic (exact) mass is 274 g/mol. The largest absolute Gasteiger partial charge is 0.481 e. The summed E-state index contributed by atoms with van der Waals surface area (Å²) >= 11 is 1.83. The smallest absolute Gasteiger partial charge is 0.317 e. The Bertz CT molecular complexity index is 336. The van der Waals surface area contributed by atoms with Crippen LogP contribution in [-0.4, -0.2) is 52.1 Å². The van der Waals surface area contributed by atoms with E-state index in [9.17, 15) is 14.7 Å². The zero-order valence-electron chi connectivity index (χ0n) is 11.4. The average Bonchev–Trinajstić information content (AvgIpc) is 2.29. The zero-order valence-corrected chi connectivity index (χ0v) is 12.3. The van der Waals surface area contributed by atoms with Crippen LogP contribution in [0.1, 0.15) is 27.7 Å². The van der Waals surface area contributed by atoms with E-state index in [1.807, 2.05) is 11.8 Å². The topological polar surface area (TPSA) is 69.6 Å². The van der Waals surface area contributed by atoms with Gasteiger partial charge in [-0.2, -0.15) is 11.8 Å². The molecule has 1 fully saturated rings. The number of nitrogens with zero attached hydrogens (tertiary/aromatic N) is 1. The highest BCUT2D eigenvalue weighted by Crippen LogP contribution is 2.31. The van der Waals surface area contributed by atoms with Crippen LogP contribution in [0.4, 0.5) is 4.79 Å². The molecule has 0 aliphatic carbocycles. The van der Waals surface area contributed by atoms with Crippen LogP contribution >= 0.6 is 11.8 Å². The Labute approximate surface area is 112 Å². The molecule has 2 N–H and O–H groups in total. The molecule has 1 saturated heterocycles. The Morgan fingerprint density at radius 2 is 1.67 bits per heavy atom. The number of carboxylic acid groups (broad SMARTS) is 1. The molecule has 0 atom stereocenters. The average molecular weight is 274 g/mol. The van der Waals surface area contributed by atoms with Gasteiger partial charge in [-0.25, -0.2) is 4.79 Å². The molecule has 1 heterocycles. The summed E-state index contributed by atoms with van der Waals surface area (Å²) in [6, 6.07) is -0.172. The molecule has 0 radical (unpaired) electrons. The molecule has 2 amide bonds. The van der Waals surface area contributed by atoms with Gasteiger partial charge in [-0.15, -0.1) is 0 Å². The minimum atomic E-state index is -1.02. The van der Waals surface area contributed by atoms with Crippen LogP contribution < -0.4 is 5.32 Å². The Morgan fingerprint density at radius 3 is 2.11 bits per heavy atom. The van der Waals surface area contributed by atoms with Crippen molar-refractivity contribution in [2.45, 2.75) is 33.2 Å². The lowest BCUT2D eigenvalue weighted by atomic mass is 9.74. The number of rotatable bonds is 3. The Morgan fingerprint density at radius 1 is 1.17 bits per heavy atom. The molecule has 0 spiro atoms. The maximum absolute atomic E-state index is 12.1. The normalized spacial score (nSPS) is 17.4. The Balaban J connectivity index is 2.70. The van der Waals surface area contributed by atoms with Crippen molar-refractivity contribution in [3.05, 3.63) is 0 Å². The number of carbonyl (C=O) groups is 2. The molecule has 104 valence electrons. The highest BCUT2D eigenvalue weighted by atomic mass is 32.2. The minimum Gasteiger partial charge on any atom is -0.481 e. The molecule has 0 aromatic rings. The molecule has 0 saturated carbocycles. The summed E-state index contributed by atoms with van der Waals surface area (Å²) in [5, 5.41) is 12.1. The second-order valence-corrected chi connectivity index (χ2v) is 6.81. The van der Waals surface area contributed by atoms with Crippen LogP contribution in [0.25, 0.3) is 0 Å². The Kier molecular flexibility index (Phi) is 4.53. The first kappa shape index (κ1) is 15.1. The maximum Gasteiger partial charge on any atom is 0.317 e. The first-order chi connectivity index (χ1) is 8.18. The maximum atomic E-state index is 12.1. The van der Waals surface area contributed by atoms with Gasteiger partial charge in [0.2, 0.25) is 0 Å². The van der Waals surface area contributed by atoms with Crippen LogP contribution in [0.3, 0.4) is 0 Å². The van der Waals surface area contributed by atoms with E-state index in [1.54, 1.807) is 32.6 Å². The number of thioether (sulfide) groups is 1. The standard InChI is InChI=1S/C12H22N2O3S/c1-11(2,9(15)16)12(3,4)13-10(17)14-5-7-18-8-6-14/h5-8H2,1-4H3,(H,13,17)(H,15,16). The van der Waals surface area contributed by atoms with Crippen molar-refractivity contribution >= 4 is 23.8 Å². The van der Waals surface area contributed by atoms with E-state index in [2.05, 4.69) is 5.32 Å². The SMILES string of the molecule is CC(C)(NC(=O)N1CCSCC1)C(C)(C)C(=O)O. The quantitative estimate of drug-likeness (QED) is 0.821. The van der Waals surface area contributed by atoms with E-state index >= 15 is 0 Å². The molecule has 1 aliphatic rings. The lowest BCUT2D eigenvalue weighted by Crippen LogP contribution is -2.60. The van der Waals surface area contributed by atoms with Gasteiger partial charge in [0.25, 0.3) is 0 Å². The fourth-order valence-corrected chi connectivity index (χ4v) is 2.44. The van der Waals surface area contributed by atoms with Crippen LogP contribution in [0, 0.1) is 5.41 Å². The third-order valence-electron chi connectivity index (χ3n) is 3.81. The summed E-state index contributed by atoms with van der Waals surface area (Å²) in [6.45, 7) is 8.19. The first-order valence-corrected chi connectivity index (χ1v) is 7.22. The number of carbonyl (C=O) groups excluding carboxylic acids is 1. The number of hydrogen-bond donors (Lipinski definition) is 2. The van der Waals surface area contributed by atoms with Crippen molar-refractivity contribution in [1.82, 2.24) is 10.2 Å². The highest BCUT2D eigenvalue weighted by molar-refractivity contribution is 7.99. The molecule has 0 aromatic heterocycles. The predicted octanol–water partition coefficient (Wildman–Crippen LogP) is 1.63. The van der Waals surface area contributed by atoms with Gasteiger partial charge in [0.1, 0.15) is 0 Å². The highest BCUT2D eigenvalue weighted by Gasteiger charge is 2.45. The van der Waals surface area contributed by atoms with Crippen molar-refractivity contribution < 1.29 is 14.7 Å². The molecule has 18 heavy (non-hydrogen) atoms. The lowest BCUT2D eigenvalue weighted by Gasteiger charge is -2.40. The third-order valence-corrected chi connectivity index (χ3v) is 4.76. The zero-order chi connectivity index (χ0) is 14.0. The van der Waals surface area contributed by atoms with Crippen LogP contribution in [0.15, 0.2) is 0 Å². The number of urea groups is 1. The molecule has 5 nitrogen and oxygen atoms in total. The fourth-order valence-electron chi connectivity index (χ4n) is 1.54. The second kappa shape index (κ2) is 5.38. The molecule has 0 aromatic carbocycles. The minimum absolute atomic E-state index is 0.172. The summed E-state index contributed by atoms with van der Waals surface area (Å²) in [4.78, 5) is 25.1. The summed E-state index contributed by atoms with van der Waals surface area (Å²) < 4.78 is 0. The van der Waals surface area contributed by atoms with Gasteiger partial charge < -0.3 is 15.3 Å². The van der Waals surface area contributed by atoms with Gasteiger partial charge in [0.05, 0.1) is 11.0 Å². The number of aliphatic carboxylic acids is 1. The molecule has 0 unspecified atom stereocenters.